The standard InChI is InChI=1S/C13H22O4/c1-2-3-4-5-6-7-11-8-13(9-14,10-15)17-12(11)16/h7,14-15H,2-6,8-10H2,1H3/b11-7+. The predicted octanol–water partition coefficient (Wildman–Crippen LogP) is 1.55. The number of hydrogen-bond acceptors (Lipinski definition) is 4. The Morgan fingerprint density at radius 2 is 2.00 bits per heavy atom. The molecule has 1 aliphatic rings. The van der Waals surface area contributed by atoms with Crippen LogP contribution in [0.2, 0.25) is 0 Å². The Hall–Kier alpha value is -0.870. The van der Waals surface area contributed by atoms with Crippen LogP contribution >= 0.6 is 0 Å². The zero-order valence-corrected chi connectivity index (χ0v) is 10.4. The molecule has 0 radical (unpaired) electrons. The van der Waals surface area contributed by atoms with Gasteiger partial charge in [-0.05, 0) is 12.8 Å². The van der Waals surface area contributed by atoms with Gasteiger partial charge in [-0.25, -0.2) is 4.79 Å². The molecular weight excluding hydrogens is 220 g/mol. The molecule has 0 atom stereocenters. The second-order valence-corrected chi connectivity index (χ2v) is 4.64. The lowest BCUT2D eigenvalue weighted by molar-refractivity contribution is -0.154. The van der Waals surface area contributed by atoms with Crippen molar-refractivity contribution in [1.82, 2.24) is 0 Å². The highest BCUT2D eigenvalue weighted by Gasteiger charge is 2.42. The zero-order chi connectivity index (χ0) is 12.7. The lowest BCUT2D eigenvalue weighted by atomic mass is 9.98. The summed E-state index contributed by atoms with van der Waals surface area (Å²) in [4.78, 5) is 11.5. The van der Waals surface area contributed by atoms with Crippen LogP contribution in [-0.4, -0.2) is 35.0 Å². The molecule has 2 N–H and O–H groups in total. The molecule has 4 heteroatoms. The van der Waals surface area contributed by atoms with E-state index in [2.05, 4.69) is 6.92 Å². The molecule has 1 fully saturated rings. The number of cyclic esters (lactones) is 1. The molecular formula is C13H22O4. The third kappa shape index (κ3) is 3.82. The normalized spacial score (nSPS) is 20.9. The summed E-state index contributed by atoms with van der Waals surface area (Å²) in [6.45, 7) is 1.49. The Labute approximate surface area is 102 Å². The van der Waals surface area contributed by atoms with Crippen LogP contribution in [0.15, 0.2) is 11.6 Å². The Bertz CT molecular complexity index is 279. The summed E-state index contributed by atoms with van der Waals surface area (Å²) in [6, 6.07) is 0. The highest BCUT2D eigenvalue weighted by atomic mass is 16.6. The number of carbonyl (C=O) groups excluding carboxylic acids is 1. The van der Waals surface area contributed by atoms with Gasteiger partial charge in [0.25, 0.3) is 0 Å². The topological polar surface area (TPSA) is 66.8 Å². The first kappa shape index (κ1) is 14.2. The van der Waals surface area contributed by atoms with Crippen molar-refractivity contribution in [3.05, 3.63) is 11.6 Å². The number of allylic oxidation sites excluding steroid dienone is 1. The smallest absolute Gasteiger partial charge is 0.334 e. The van der Waals surface area contributed by atoms with Gasteiger partial charge in [-0.1, -0.05) is 32.3 Å². The van der Waals surface area contributed by atoms with E-state index in [-0.39, 0.29) is 13.2 Å². The quantitative estimate of drug-likeness (QED) is 0.404. The molecule has 1 saturated heterocycles. The van der Waals surface area contributed by atoms with E-state index in [1.165, 1.54) is 19.3 Å². The van der Waals surface area contributed by atoms with Gasteiger partial charge in [0.1, 0.15) is 0 Å². The molecule has 0 aromatic heterocycles. The molecule has 0 bridgehead atoms. The van der Waals surface area contributed by atoms with Crippen molar-refractivity contribution in [1.29, 1.82) is 0 Å². The lowest BCUT2D eigenvalue weighted by Crippen LogP contribution is -2.37. The molecule has 17 heavy (non-hydrogen) atoms. The van der Waals surface area contributed by atoms with Crippen LogP contribution in [0.3, 0.4) is 0 Å². The van der Waals surface area contributed by atoms with Crippen LogP contribution in [0.5, 0.6) is 0 Å². The first-order chi connectivity index (χ1) is 8.17. The molecule has 0 saturated carbocycles. The summed E-state index contributed by atoms with van der Waals surface area (Å²) in [6.07, 6.45) is 7.69. The van der Waals surface area contributed by atoms with Gasteiger partial charge in [-0.3, -0.25) is 0 Å². The van der Waals surface area contributed by atoms with Gasteiger partial charge in [0.15, 0.2) is 5.60 Å². The van der Waals surface area contributed by atoms with Crippen molar-refractivity contribution in [3.8, 4) is 0 Å². The molecule has 1 rings (SSSR count). The van der Waals surface area contributed by atoms with Crippen molar-refractivity contribution >= 4 is 5.97 Å². The number of rotatable bonds is 7. The minimum absolute atomic E-state index is 0.312. The second-order valence-electron chi connectivity index (χ2n) is 4.64. The summed E-state index contributed by atoms with van der Waals surface area (Å²) < 4.78 is 5.03. The maximum atomic E-state index is 11.5. The monoisotopic (exact) mass is 242 g/mol. The first-order valence-electron chi connectivity index (χ1n) is 6.31. The Kier molecular flexibility index (Phi) is 5.65. The third-order valence-electron chi connectivity index (χ3n) is 3.11. The van der Waals surface area contributed by atoms with E-state index in [0.717, 1.165) is 12.8 Å². The molecule has 0 aromatic rings. The number of aliphatic hydroxyl groups excluding tert-OH is 2. The molecule has 0 amide bonds. The second kappa shape index (κ2) is 6.77. The van der Waals surface area contributed by atoms with E-state index >= 15 is 0 Å². The Morgan fingerprint density at radius 3 is 2.53 bits per heavy atom. The van der Waals surface area contributed by atoms with Crippen molar-refractivity contribution in [3.63, 3.8) is 0 Å². The fourth-order valence-corrected chi connectivity index (χ4v) is 1.95. The fourth-order valence-electron chi connectivity index (χ4n) is 1.95. The van der Waals surface area contributed by atoms with Crippen LogP contribution in [0.1, 0.15) is 45.4 Å². The van der Waals surface area contributed by atoms with E-state index in [1.807, 2.05) is 6.08 Å². The zero-order valence-electron chi connectivity index (χ0n) is 10.4. The predicted molar refractivity (Wildman–Crippen MR) is 64.5 cm³/mol. The molecule has 0 unspecified atom stereocenters. The van der Waals surface area contributed by atoms with E-state index in [1.54, 1.807) is 0 Å². The number of unbranched alkanes of at least 4 members (excludes halogenated alkanes) is 4. The largest absolute Gasteiger partial charge is 0.450 e. The van der Waals surface area contributed by atoms with E-state index < -0.39 is 11.6 Å². The average Bonchev–Trinajstić information content (AvgIpc) is 2.67. The van der Waals surface area contributed by atoms with Gasteiger partial charge in [0.05, 0.1) is 13.2 Å². The van der Waals surface area contributed by atoms with E-state index in [9.17, 15) is 4.79 Å². The van der Waals surface area contributed by atoms with Crippen molar-refractivity contribution in [2.75, 3.05) is 13.2 Å². The van der Waals surface area contributed by atoms with Crippen LogP contribution in [0, 0.1) is 0 Å². The minimum Gasteiger partial charge on any atom is -0.450 e. The number of aliphatic hydroxyl groups is 2. The van der Waals surface area contributed by atoms with Gasteiger partial charge in [0.2, 0.25) is 0 Å². The summed E-state index contributed by atoms with van der Waals surface area (Å²) in [7, 11) is 0. The summed E-state index contributed by atoms with van der Waals surface area (Å²) >= 11 is 0. The summed E-state index contributed by atoms with van der Waals surface area (Å²) in [5.74, 6) is -0.399. The average molecular weight is 242 g/mol. The molecule has 4 nitrogen and oxygen atoms in total. The van der Waals surface area contributed by atoms with Gasteiger partial charge < -0.3 is 14.9 Å². The van der Waals surface area contributed by atoms with Gasteiger partial charge in [-0.2, -0.15) is 0 Å². The number of hydrogen-bond donors (Lipinski definition) is 2. The highest BCUT2D eigenvalue weighted by molar-refractivity contribution is 5.91. The maximum Gasteiger partial charge on any atom is 0.334 e. The lowest BCUT2D eigenvalue weighted by Gasteiger charge is -2.21. The first-order valence-corrected chi connectivity index (χ1v) is 6.31. The fraction of sp³-hybridized carbons (Fsp3) is 0.769. The number of esters is 1. The Morgan fingerprint density at radius 1 is 1.29 bits per heavy atom. The maximum absolute atomic E-state index is 11.5. The van der Waals surface area contributed by atoms with Crippen molar-refractivity contribution in [2.24, 2.45) is 0 Å². The Balaban J connectivity index is 2.44. The molecule has 0 aromatic carbocycles. The molecule has 0 aliphatic carbocycles. The minimum atomic E-state index is -1.09. The molecule has 1 heterocycles. The van der Waals surface area contributed by atoms with Crippen LogP contribution in [0.25, 0.3) is 0 Å². The third-order valence-corrected chi connectivity index (χ3v) is 3.11. The van der Waals surface area contributed by atoms with E-state index in [0.29, 0.717) is 12.0 Å². The summed E-state index contributed by atoms with van der Waals surface area (Å²) in [5, 5.41) is 18.3. The van der Waals surface area contributed by atoms with Crippen LogP contribution in [0.4, 0.5) is 0 Å². The SMILES string of the molecule is CCCCCC/C=C1\CC(CO)(CO)OC1=O. The molecule has 98 valence electrons. The number of ether oxygens (including phenoxy) is 1. The van der Waals surface area contributed by atoms with Crippen LogP contribution < -0.4 is 0 Å². The van der Waals surface area contributed by atoms with Crippen molar-refractivity contribution < 1.29 is 19.7 Å². The van der Waals surface area contributed by atoms with Crippen molar-refractivity contribution in [2.45, 2.75) is 51.0 Å². The van der Waals surface area contributed by atoms with Gasteiger partial charge in [-0.15, -0.1) is 0 Å². The highest BCUT2D eigenvalue weighted by Crippen LogP contribution is 2.30. The molecule has 0 spiro atoms. The van der Waals surface area contributed by atoms with E-state index in [4.69, 9.17) is 14.9 Å². The molecule has 1 aliphatic heterocycles. The number of carbonyl (C=O) groups is 1. The van der Waals surface area contributed by atoms with Gasteiger partial charge >= 0.3 is 5.97 Å². The summed E-state index contributed by atoms with van der Waals surface area (Å²) in [5.41, 5.74) is -0.503. The van der Waals surface area contributed by atoms with Gasteiger partial charge in [0, 0.05) is 12.0 Å². The van der Waals surface area contributed by atoms with Crippen LogP contribution in [-0.2, 0) is 9.53 Å².